The van der Waals surface area contributed by atoms with Crippen LogP contribution in [0.25, 0.3) is 11.3 Å². The molecular weight excluding hydrogens is 350 g/mol. The Morgan fingerprint density at radius 3 is 2.72 bits per heavy atom. The first-order valence-electron chi connectivity index (χ1n) is 5.30. The molecule has 2 rings (SSSR count). The number of H-pyrrole nitrogens is 1. The fourth-order valence-electron chi connectivity index (χ4n) is 1.51. The van der Waals surface area contributed by atoms with Gasteiger partial charge in [0.2, 0.25) is 0 Å². The van der Waals surface area contributed by atoms with Gasteiger partial charge in [0, 0.05) is 5.56 Å². The molecule has 0 atom stereocenters. The van der Waals surface area contributed by atoms with Crippen LogP contribution >= 0.6 is 22.6 Å². The molecule has 0 saturated heterocycles. The summed E-state index contributed by atoms with van der Waals surface area (Å²) in [5.41, 5.74) is 1.42. The van der Waals surface area contributed by atoms with E-state index >= 15 is 0 Å². The summed E-state index contributed by atoms with van der Waals surface area (Å²) >= 11 is 1.97. The van der Waals surface area contributed by atoms with Crippen molar-refractivity contribution in [1.29, 1.82) is 0 Å². The Hall–Kier alpha value is -1.44. The number of hydrogen-bond acceptors (Lipinski definition) is 3. The number of halogens is 2. The van der Waals surface area contributed by atoms with Crippen LogP contribution in [0.4, 0.5) is 4.39 Å². The van der Waals surface area contributed by atoms with E-state index < -0.39 is 5.97 Å². The zero-order valence-electron chi connectivity index (χ0n) is 9.54. The van der Waals surface area contributed by atoms with Crippen molar-refractivity contribution in [2.24, 2.45) is 0 Å². The van der Waals surface area contributed by atoms with Gasteiger partial charge in [0.15, 0.2) is 9.53 Å². The van der Waals surface area contributed by atoms with Gasteiger partial charge in [-0.2, -0.15) is 0 Å². The van der Waals surface area contributed by atoms with Crippen LogP contribution in [-0.4, -0.2) is 22.5 Å². The highest BCUT2D eigenvalue weighted by Crippen LogP contribution is 2.23. The van der Waals surface area contributed by atoms with Gasteiger partial charge in [-0.05, 0) is 53.8 Å². The van der Waals surface area contributed by atoms with E-state index in [0.29, 0.717) is 15.1 Å². The standard InChI is InChI=1S/C12H10FIN2O2/c1-2-18-11(17)10-9(15-12(14)16-10)7-3-5-8(13)6-4-7/h3-6H,2H2,1H3,(H,15,16). The van der Waals surface area contributed by atoms with Gasteiger partial charge in [-0.15, -0.1) is 0 Å². The average molecular weight is 360 g/mol. The Bertz CT molecular complexity index is 566. The summed E-state index contributed by atoms with van der Waals surface area (Å²) in [6.45, 7) is 2.02. The van der Waals surface area contributed by atoms with Crippen molar-refractivity contribution in [3.63, 3.8) is 0 Å². The molecule has 1 heterocycles. The number of aromatic amines is 1. The minimum Gasteiger partial charge on any atom is -0.461 e. The molecule has 4 nitrogen and oxygen atoms in total. The molecule has 1 aromatic carbocycles. The second-order valence-electron chi connectivity index (χ2n) is 3.48. The van der Waals surface area contributed by atoms with Crippen LogP contribution in [0.1, 0.15) is 17.4 Å². The van der Waals surface area contributed by atoms with Gasteiger partial charge in [0.05, 0.1) is 6.61 Å². The minimum atomic E-state index is -0.466. The van der Waals surface area contributed by atoms with E-state index in [1.165, 1.54) is 12.1 Å². The number of imidazole rings is 1. The predicted molar refractivity (Wildman–Crippen MR) is 72.7 cm³/mol. The molecule has 0 bridgehead atoms. The molecular formula is C12H10FIN2O2. The molecule has 94 valence electrons. The van der Waals surface area contributed by atoms with Crippen LogP contribution in [0.2, 0.25) is 0 Å². The van der Waals surface area contributed by atoms with E-state index in [0.717, 1.165) is 0 Å². The second-order valence-corrected chi connectivity index (χ2v) is 4.50. The van der Waals surface area contributed by atoms with Crippen LogP contribution in [0.3, 0.4) is 0 Å². The van der Waals surface area contributed by atoms with Gasteiger partial charge in [-0.3, -0.25) is 0 Å². The number of rotatable bonds is 3. The Balaban J connectivity index is 2.44. The summed E-state index contributed by atoms with van der Waals surface area (Å²) in [6, 6.07) is 5.80. The van der Waals surface area contributed by atoms with E-state index in [9.17, 15) is 9.18 Å². The maximum absolute atomic E-state index is 12.9. The van der Waals surface area contributed by atoms with Gasteiger partial charge in [-0.1, -0.05) is 0 Å². The summed E-state index contributed by atoms with van der Waals surface area (Å²) in [7, 11) is 0. The number of ether oxygens (including phenoxy) is 1. The summed E-state index contributed by atoms with van der Waals surface area (Å²) in [5.74, 6) is -0.797. The average Bonchev–Trinajstić information content (AvgIpc) is 2.73. The SMILES string of the molecule is CCOC(=O)c1[nH]c(I)nc1-c1ccc(F)cc1. The quantitative estimate of drug-likeness (QED) is 0.676. The maximum Gasteiger partial charge on any atom is 0.357 e. The molecule has 0 spiro atoms. The van der Waals surface area contributed by atoms with E-state index in [-0.39, 0.29) is 18.1 Å². The van der Waals surface area contributed by atoms with E-state index in [4.69, 9.17) is 4.74 Å². The number of carbonyl (C=O) groups excluding carboxylic acids is 1. The van der Waals surface area contributed by atoms with Gasteiger partial charge in [0.25, 0.3) is 0 Å². The normalized spacial score (nSPS) is 10.4. The number of nitrogens with one attached hydrogen (secondary N) is 1. The Labute approximate surface area is 117 Å². The lowest BCUT2D eigenvalue weighted by Crippen LogP contribution is -2.06. The molecule has 0 unspecified atom stereocenters. The summed E-state index contributed by atoms with van der Waals surface area (Å²) in [5, 5.41) is 0. The Morgan fingerprint density at radius 2 is 2.11 bits per heavy atom. The van der Waals surface area contributed by atoms with Crippen molar-refractivity contribution < 1.29 is 13.9 Å². The number of hydrogen-bond donors (Lipinski definition) is 1. The Morgan fingerprint density at radius 1 is 1.44 bits per heavy atom. The van der Waals surface area contributed by atoms with Crippen molar-refractivity contribution in [1.82, 2.24) is 9.97 Å². The third-order valence-corrected chi connectivity index (χ3v) is 2.78. The minimum absolute atomic E-state index is 0.285. The van der Waals surface area contributed by atoms with Gasteiger partial charge < -0.3 is 9.72 Å². The lowest BCUT2D eigenvalue weighted by Gasteiger charge is -2.02. The second kappa shape index (κ2) is 5.47. The molecule has 0 aliphatic heterocycles. The molecule has 6 heteroatoms. The molecule has 1 aromatic heterocycles. The van der Waals surface area contributed by atoms with Gasteiger partial charge >= 0.3 is 5.97 Å². The van der Waals surface area contributed by atoms with Crippen LogP contribution in [0.5, 0.6) is 0 Å². The maximum atomic E-state index is 12.9. The fraction of sp³-hybridized carbons (Fsp3) is 0.167. The number of esters is 1. The van der Waals surface area contributed by atoms with Gasteiger partial charge in [0.1, 0.15) is 11.5 Å². The van der Waals surface area contributed by atoms with Crippen LogP contribution < -0.4 is 0 Å². The third kappa shape index (κ3) is 2.69. The van der Waals surface area contributed by atoms with Gasteiger partial charge in [-0.25, -0.2) is 14.2 Å². The molecule has 0 aliphatic rings. The van der Waals surface area contributed by atoms with Crippen molar-refractivity contribution in [3.05, 3.63) is 39.6 Å². The first-order chi connectivity index (χ1) is 8.61. The molecule has 0 fully saturated rings. The molecule has 1 N–H and O–H groups in total. The van der Waals surface area contributed by atoms with Crippen LogP contribution in [-0.2, 0) is 4.74 Å². The molecule has 0 saturated carbocycles. The first kappa shape index (κ1) is 13.0. The highest BCUT2D eigenvalue weighted by Gasteiger charge is 2.18. The van der Waals surface area contributed by atoms with Crippen LogP contribution in [0, 0.1) is 9.65 Å². The first-order valence-corrected chi connectivity index (χ1v) is 6.38. The van der Waals surface area contributed by atoms with Crippen molar-refractivity contribution in [3.8, 4) is 11.3 Å². The molecule has 18 heavy (non-hydrogen) atoms. The van der Waals surface area contributed by atoms with Crippen molar-refractivity contribution >= 4 is 28.6 Å². The highest BCUT2D eigenvalue weighted by molar-refractivity contribution is 14.1. The summed E-state index contributed by atoms with van der Waals surface area (Å²) < 4.78 is 18.4. The monoisotopic (exact) mass is 360 g/mol. The van der Waals surface area contributed by atoms with E-state index in [1.807, 2.05) is 22.6 Å². The fourth-order valence-corrected chi connectivity index (χ4v) is 2.02. The highest BCUT2D eigenvalue weighted by atomic mass is 127. The van der Waals surface area contributed by atoms with Crippen molar-refractivity contribution in [2.45, 2.75) is 6.92 Å². The number of aromatic nitrogens is 2. The number of benzene rings is 1. The number of carbonyl (C=O) groups is 1. The van der Waals surface area contributed by atoms with Crippen LogP contribution in [0.15, 0.2) is 24.3 Å². The van der Waals surface area contributed by atoms with Crippen molar-refractivity contribution in [2.75, 3.05) is 6.61 Å². The number of nitrogens with zero attached hydrogens (tertiary/aromatic N) is 1. The predicted octanol–water partition coefficient (Wildman–Crippen LogP) is 3.00. The zero-order chi connectivity index (χ0) is 13.1. The molecule has 0 amide bonds. The smallest absolute Gasteiger partial charge is 0.357 e. The lowest BCUT2D eigenvalue weighted by atomic mass is 10.1. The van der Waals surface area contributed by atoms with E-state index in [2.05, 4.69) is 9.97 Å². The topological polar surface area (TPSA) is 55.0 Å². The zero-order valence-corrected chi connectivity index (χ0v) is 11.7. The molecule has 0 radical (unpaired) electrons. The molecule has 0 aliphatic carbocycles. The van der Waals surface area contributed by atoms with E-state index in [1.54, 1.807) is 19.1 Å². The molecule has 2 aromatic rings. The third-order valence-electron chi connectivity index (χ3n) is 2.27. The summed E-state index contributed by atoms with van der Waals surface area (Å²) in [4.78, 5) is 18.8. The lowest BCUT2D eigenvalue weighted by molar-refractivity contribution is 0.0521. The largest absolute Gasteiger partial charge is 0.461 e. The summed E-state index contributed by atoms with van der Waals surface area (Å²) in [6.07, 6.45) is 0. The Kier molecular flexibility index (Phi) is 3.95.